The van der Waals surface area contributed by atoms with E-state index in [4.69, 9.17) is 9.47 Å². The highest BCUT2D eigenvalue weighted by molar-refractivity contribution is 5.83. The maximum Gasteiger partial charge on any atom is 0.159 e. The lowest BCUT2D eigenvalue weighted by atomic mass is 10.2. The largest absolute Gasteiger partial charge is 0.455 e. The van der Waals surface area contributed by atoms with E-state index in [-0.39, 0.29) is 17.1 Å². The number of carbonyl (C=O) groups excluding carboxylic acids is 1. The Labute approximate surface area is 136 Å². The number of benzene rings is 2. The number of hydrogen-bond acceptors (Lipinski definition) is 4. The van der Waals surface area contributed by atoms with Gasteiger partial charge < -0.3 is 9.47 Å². The molecular formula is C18H11F2NO3. The zero-order valence-electron chi connectivity index (χ0n) is 12.3. The first-order chi connectivity index (χ1) is 11.7. The average molecular weight is 327 g/mol. The molecule has 0 N–H and O–H groups in total. The average Bonchev–Trinajstić information content (AvgIpc) is 2.59. The molecule has 4 nitrogen and oxygen atoms in total. The zero-order valence-corrected chi connectivity index (χ0v) is 12.3. The van der Waals surface area contributed by atoms with Crippen molar-refractivity contribution in [3.05, 3.63) is 78.1 Å². The Morgan fingerprint density at radius 2 is 1.17 bits per heavy atom. The summed E-state index contributed by atoms with van der Waals surface area (Å²) in [5.41, 5.74) is 0.138. The molecule has 0 saturated carbocycles. The van der Waals surface area contributed by atoms with Gasteiger partial charge in [0.15, 0.2) is 17.8 Å². The summed E-state index contributed by atoms with van der Waals surface area (Å²) in [5.74, 6) is 0.224. The summed E-state index contributed by atoms with van der Waals surface area (Å²) in [6.45, 7) is 0. The van der Waals surface area contributed by atoms with Crippen LogP contribution in [0, 0.1) is 11.6 Å². The van der Waals surface area contributed by atoms with Gasteiger partial charge in [-0.2, -0.15) is 0 Å². The predicted molar refractivity (Wildman–Crippen MR) is 82.6 cm³/mol. The highest BCUT2D eigenvalue weighted by Gasteiger charge is 2.13. The summed E-state index contributed by atoms with van der Waals surface area (Å²) in [7, 11) is 0. The van der Waals surface area contributed by atoms with E-state index in [9.17, 15) is 13.6 Å². The van der Waals surface area contributed by atoms with Crippen molar-refractivity contribution in [2.45, 2.75) is 0 Å². The molecule has 0 aliphatic rings. The maximum absolute atomic E-state index is 12.9. The molecule has 120 valence electrons. The minimum absolute atomic E-state index is 0.138. The Morgan fingerprint density at radius 1 is 0.750 bits per heavy atom. The van der Waals surface area contributed by atoms with Gasteiger partial charge in [0.1, 0.15) is 28.7 Å². The third-order valence-electron chi connectivity index (χ3n) is 3.12. The molecule has 1 aromatic heterocycles. The number of nitrogens with zero attached hydrogens (tertiary/aromatic N) is 1. The van der Waals surface area contributed by atoms with Gasteiger partial charge in [-0.25, -0.2) is 8.78 Å². The standard InChI is InChI=1S/C18H11F2NO3/c19-12-1-5-14(6-2-12)23-17-9-21-10-18(16(17)11-22)24-15-7-3-13(20)4-8-15/h1-11H. The normalized spacial score (nSPS) is 10.2. The van der Waals surface area contributed by atoms with Crippen molar-refractivity contribution >= 4 is 6.29 Å². The molecule has 6 heteroatoms. The van der Waals surface area contributed by atoms with Crippen LogP contribution >= 0.6 is 0 Å². The summed E-state index contributed by atoms with van der Waals surface area (Å²) in [4.78, 5) is 15.4. The SMILES string of the molecule is O=Cc1c(Oc2ccc(F)cc2)cncc1Oc1ccc(F)cc1. The van der Waals surface area contributed by atoms with Crippen molar-refractivity contribution in [1.82, 2.24) is 4.98 Å². The molecule has 0 radical (unpaired) electrons. The molecule has 0 aliphatic carbocycles. The monoisotopic (exact) mass is 327 g/mol. The van der Waals surface area contributed by atoms with Crippen LogP contribution < -0.4 is 9.47 Å². The lowest BCUT2D eigenvalue weighted by Crippen LogP contribution is -1.96. The lowest BCUT2D eigenvalue weighted by Gasteiger charge is -2.12. The van der Waals surface area contributed by atoms with Gasteiger partial charge in [0.05, 0.1) is 12.4 Å². The van der Waals surface area contributed by atoms with Gasteiger partial charge in [0.25, 0.3) is 0 Å². The number of halogens is 2. The van der Waals surface area contributed by atoms with Gasteiger partial charge in [0.2, 0.25) is 0 Å². The summed E-state index contributed by atoms with van der Waals surface area (Å²) in [6, 6.07) is 10.7. The summed E-state index contributed by atoms with van der Waals surface area (Å²) >= 11 is 0. The zero-order chi connectivity index (χ0) is 16.9. The minimum Gasteiger partial charge on any atom is -0.455 e. The topological polar surface area (TPSA) is 48.4 Å². The molecular weight excluding hydrogens is 316 g/mol. The number of carbonyl (C=O) groups is 1. The van der Waals surface area contributed by atoms with E-state index in [1.165, 1.54) is 60.9 Å². The Bertz CT molecular complexity index is 783. The highest BCUT2D eigenvalue weighted by Crippen LogP contribution is 2.32. The fourth-order valence-corrected chi connectivity index (χ4v) is 1.97. The van der Waals surface area contributed by atoms with Gasteiger partial charge in [-0.05, 0) is 48.5 Å². The van der Waals surface area contributed by atoms with Crippen LogP contribution in [0.5, 0.6) is 23.0 Å². The van der Waals surface area contributed by atoms with E-state index >= 15 is 0 Å². The van der Waals surface area contributed by atoms with Crippen LogP contribution in [0.2, 0.25) is 0 Å². The van der Waals surface area contributed by atoms with E-state index in [0.29, 0.717) is 17.8 Å². The molecule has 0 atom stereocenters. The molecule has 0 spiro atoms. The number of pyridine rings is 1. The van der Waals surface area contributed by atoms with Crippen molar-refractivity contribution in [3.63, 3.8) is 0 Å². The molecule has 0 amide bonds. The maximum atomic E-state index is 12.9. The third-order valence-corrected chi connectivity index (χ3v) is 3.12. The van der Waals surface area contributed by atoms with Crippen molar-refractivity contribution in [2.75, 3.05) is 0 Å². The van der Waals surface area contributed by atoms with Crippen LogP contribution in [0.4, 0.5) is 8.78 Å². The molecule has 2 aromatic carbocycles. The molecule has 0 fully saturated rings. The van der Waals surface area contributed by atoms with Gasteiger partial charge in [-0.1, -0.05) is 0 Å². The first kappa shape index (κ1) is 15.6. The number of aldehydes is 1. The number of ether oxygens (including phenoxy) is 2. The molecule has 0 saturated heterocycles. The van der Waals surface area contributed by atoms with Gasteiger partial charge in [0, 0.05) is 0 Å². The van der Waals surface area contributed by atoms with Gasteiger partial charge in [-0.3, -0.25) is 9.78 Å². The Kier molecular flexibility index (Phi) is 4.47. The number of hydrogen-bond donors (Lipinski definition) is 0. The Hall–Kier alpha value is -3.28. The second-order valence-electron chi connectivity index (χ2n) is 4.78. The molecule has 3 aromatic rings. The molecule has 24 heavy (non-hydrogen) atoms. The van der Waals surface area contributed by atoms with Crippen LogP contribution in [-0.4, -0.2) is 11.3 Å². The van der Waals surface area contributed by atoms with Crippen molar-refractivity contribution in [1.29, 1.82) is 0 Å². The second-order valence-corrected chi connectivity index (χ2v) is 4.78. The summed E-state index contributed by atoms with van der Waals surface area (Å²) < 4.78 is 37.0. The van der Waals surface area contributed by atoms with E-state index < -0.39 is 11.6 Å². The quantitative estimate of drug-likeness (QED) is 0.634. The van der Waals surface area contributed by atoms with E-state index in [0.717, 1.165) is 0 Å². The van der Waals surface area contributed by atoms with E-state index in [1.54, 1.807) is 0 Å². The predicted octanol–water partition coefficient (Wildman–Crippen LogP) is 4.76. The van der Waals surface area contributed by atoms with E-state index in [1.807, 2.05) is 0 Å². The number of rotatable bonds is 5. The van der Waals surface area contributed by atoms with Crippen LogP contribution in [0.3, 0.4) is 0 Å². The second kappa shape index (κ2) is 6.87. The number of aromatic nitrogens is 1. The molecule has 0 bridgehead atoms. The molecule has 0 aliphatic heterocycles. The van der Waals surface area contributed by atoms with Crippen molar-refractivity contribution in [3.8, 4) is 23.0 Å². The smallest absolute Gasteiger partial charge is 0.159 e. The Morgan fingerprint density at radius 3 is 1.54 bits per heavy atom. The lowest BCUT2D eigenvalue weighted by molar-refractivity contribution is 0.111. The van der Waals surface area contributed by atoms with Crippen LogP contribution in [-0.2, 0) is 0 Å². The van der Waals surface area contributed by atoms with E-state index in [2.05, 4.69) is 4.98 Å². The third kappa shape index (κ3) is 3.55. The summed E-state index contributed by atoms with van der Waals surface area (Å²) in [6.07, 6.45) is 3.27. The van der Waals surface area contributed by atoms with Crippen LogP contribution in [0.15, 0.2) is 60.9 Å². The first-order valence-electron chi connectivity index (χ1n) is 6.96. The fourth-order valence-electron chi connectivity index (χ4n) is 1.97. The molecule has 0 unspecified atom stereocenters. The van der Waals surface area contributed by atoms with Gasteiger partial charge in [-0.15, -0.1) is 0 Å². The minimum atomic E-state index is -0.399. The van der Waals surface area contributed by atoms with Crippen molar-refractivity contribution < 1.29 is 23.0 Å². The van der Waals surface area contributed by atoms with Crippen LogP contribution in [0.1, 0.15) is 10.4 Å². The Balaban J connectivity index is 1.89. The van der Waals surface area contributed by atoms with Crippen LogP contribution in [0.25, 0.3) is 0 Å². The highest BCUT2D eigenvalue weighted by atomic mass is 19.1. The molecule has 3 rings (SSSR count). The molecule has 1 heterocycles. The summed E-state index contributed by atoms with van der Waals surface area (Å²) in [5, 5.41) is 0. The fraction of sp³-hybridized carbons (Fsp3) is 0. The first-order valence-corrected chi connectivity index (χ1v) is 6.96. The van der Waals surface area contributed by atoms with Gasteiger partial charge >= 0.3 is 0 Å². The van der Waals surface area contributed by atoms with Crippen molar-refractivity contribution in [2.24, 2.45) is 0 Å².